The van der Waals surface area contributed by atoms with Crippen LogP contribution in [0, 0.1) is 0 Å². The van der Waals surface area contributed by atoms with Gasteiger partial charge >= 0.3 is 0 Å². The highest BCUT2D eigenvalue weighted by Crippen LogP contribution is 2.20. The maximum Gasteiger partial charge on any atom is 0.251 e. The van der Waals surface area contributed by atoms with Crippen LogP contribution in [0.1, 0.15) is 25.7 Å². The number of carbonyl (C=O) groups excluding carboxylic acids is 1. The van der Waals surface area contributed by atoms with Gasteiger partial charge in [-0.15, -0.1) is 0 Å². The van der Waals surface area contributed by atoms with Gasteiger partial charge in [0.2, 0.25) is 5.91 Å². The number of amides is 1. The van der Waals surface area contributed by atoms with Crippen molar-refractivity contribution < 1.29 is 9.53 Å². The molecule has 1 aliphatic rings. The van der Waals surface area contributed by atoms with Crippen molar-refractivity contribution in [1.29, 1.82) is 0 Å². The fourth-order valence-electron chi connectivity index (χ4n) is 2.36. The van der Waals surface area contributed by atoms with Crippen LogP contribution < -0.4 is 16.6 Å². The lowest BCUT2D eigenvalue weighted by Crippen LogP contribution is -2.34. The molecule has 1 aromatic rings. The average molecular weight is 279 g/mol. The molecule has 1 saturated carbocycles. The summed E-state index contributed by atoms with van der Waals surface area (Å²) < 4.78 is 6.94. The van der Waals surface area contributed by atoms with E-state index in [-0.39, 0.29) is 18.0 Å². The maximum atomic E-state index is 11.7. The Balaban J connectivity index is 1.69. The number of aromatic nitrogens is 1. The van der Waals surface area contributed by atoms with Gasteiger partial charge in [-0.25, -0.2) is 0 Å². The Labute approximate surface area is 117 Å². The van der Waals surface area contributed by atoms with Crippen LogP contribution in [0.4, 0.5) is 5.69 Å². The van der Waals surface area contributed by atoms with E-state index < -0.39 is 0 Å². The number of ether oxygens (including phenoxy) is 1. The predicted octanol–water partition coefficient (Wildman–Crippen LogP) is 0.506. The first-order chi connectivity index (χ1) is 9.65. The van der Waals surface area contributed by atoms with Crippen LogP contribution in [0.2, 0.25) is 0 Å². The second-order valence-electron chi connectivity index (χ2n) is 5.06. The van der Waals surface area contributed by atoms with Gasteiger partial charge in [-0.05, 0) is 18.9 Å². The van der Waals surface area contributed by atoms with Gasteiger partial charge in [0.25, 0.3) is 5.56 Å². The Bertz CT molecular complexity index is 507. The largest absolute Gasteiger partial charge is 0.398 e. The smallest absolute Gasteiger partial charge is 0.251 e. The van der Waals surface area contributed by atoms with Gasteiger partial charge in [0.05, 0.1) is 12.7 Å². The highest BCUT2D eigenvalue weighted by atomic mass is 16.5. The van der Waals surface area contributed by atoms with Crippen molar-refractivity contribution in [1.82, 2.24) is 9.88 Å². The minimum absolute atomic E-state index is 0.0205. The zero-order valence-corrected chi connectivity index (χ0v) is 11.5. The molecule has 20 heavy (non-hydrogen) atoms. The average Bonchev–Trinajstić information content (AvgIpc) is 2.92. The zero-order valence-electron chi connectivity index (χ0n) is 11.5. The van der Waals surface area contributed by atoms with Gasteiger partial charge in [0, 0.05) is 24.5 Å². The summed E-state index contributed by atoms with van der Waals surface area (Å²) in [6.45, 7) is 0.960. The second-order valence-corrected chi connectivity index (χ2v) is 5.06. The third-order valence-corrected chi connectivity index (χ3v) is 3.40. The lowest BCUT2D eigenvalue weighted by Gasteiger charge is -2.12. The molecule has 1 aliphatic carbocycles. The van der Waals surface area contributed by atoms with Crippen LogP contribution >= 0.6 is 0 Å². The van der Waals surface area contributed by atoms with Crippen LogP contribution in [0.5, 0.6) is 0 Å². The molecule has 6 heteroatoms. The summed E-state index contributed by atoms with van der Waals surface area (Å²) in [5.41, 5.74) is 5.80. The molecule has 1 heterocycles. The molecule has 3 N–H and O–H groups in total. The number of anilines is 1. The minimum Gasteiger partial charge on any atom is -0.398 e. The molecule has 1 amide bonds. The third kappa shape index (κ3) is 4.38. The summed E-state index contributed by atoms with van der Waals surface area (Å²) >= 11 is 0. The zero-order chi connectivity index (χ0) is 14.4. The fraction of sp³-hybridized carbons (Fsp3) is 0.571. The number of hydrogen-bond donors (Lipinski definition) is 2. The number of rotatable bonds is 6. The molecule has 0 radical (unpaired) electrons. The molecule has 0 saturated heterocycles. The van der Waals surface area contributed by atoms with Crippen molar-refractivity contribution >= 4 is 11.6 Å². The van der Waals surface area contributed by atoms with E-state index in [2.05, 4.69) is 5.32 Å². The molecule has 0 aliphatic heterocycles. The first-order valence-electron chi connectivity index (χ1n) is 6.99. The molecule has 2 rings (SSSR count). The van der Waals surface area contributed by atoms with Crippen LogP contribution in [0.25, 0.3) is 0 Å². The predicted molar refractivity (Wildman–Crippen MR) is 76.3 cm³/mol. The van der Waals surface area contributed by atoms with Gasteiger partial charge in [0.1, 0.15) is 6.54 Å². The Morgan fingerprint density at radius 2 is 2.15 bits per heavy atom. The Kier molecular flexibility index (Phi) is 5.17. The molecule has 0 spiro atoms. The third-order valence-electron chi connectivity index (χ3n) is 3.40. The van der Waals surface area contributed by atoms with E-state index in [1.165, 1.54) is 35.7 Å². The molecule has 0 bridgehead atoms. The van der Waals surface area contributed by atoms with Gasteiger partial charge in [-0.1, -0.05) is 12.8 Å². The Morgan fingerprint density at radius 1 is 1.40 bits per heavy atom. The van der Waals surface area contributed by atoms with E-state index in [1.54, 1.807) is 0 Å². The molecule has 1 aromatic heterocycles. The highest BCUT2D eigenvalue weighted by Gasteiger charge is 2.14. The van der Waals surface area contributed by atoms with Crippen molar-refractivity contribution in [2.45, 2.75) is 38.3 Å². The SMILES string of the molecule is Nc1ccc(=O)n(CC(=O)NCCOC2CCCC2)c1. The van der Waals surface area contributed by atoms with Gasteiger partial charge in [0.15, 0.2) is 0 Å². The van der Waals surface area contributed by atoms with Crippen LogP contribution in [0.3, 0.4) is 0 Å². The van der Waals surface area contributed by atoms with E-state index in [0.29, 0.717) is 24.9 Å². The molecule has 1 fully saturated rings. The number of nitrogens with one attached hydrogen (secondary N) is 1. The van der Waals surface area contributed by atoms with Gasteiger partial charge in [-0.3, -0.25) is 9.59 Å². The van der Waals surface area contributed by atoms with E-state index >= 15 is 0 Å². The first-order valence-corrected chi connectivity index (χ1v) is 6.99. The van der Waals surface area contributed by atoms with Crippen molar-refractivity contribution in [2.75, 3.05) is 18.9 Å². The minimum atomic E-state index is -0.239. The summed E-state index contributed by atoms with van der Waals surface area (Å²) in [7, 11) is 0. The van der Waals surface area contributed by atoms with Crippen molar-refractivity contribution in [3.8, 4) is 0 Å². The Hall–Kier alpha value is -1.82. The number of hydrogen-bond acceptors (Lipinski definition) is 4. The molecule has 110 valence electrons. The van der Waals surface area contributed by atoms with Crippen LogP contribution in [0.15, 0.2) is 23.1 Å². The van der Waals surface area contributed by atoms with Gasteiger partial charge in [-0.2, -0.15) is 0 Å². The normalized spacial score (nSPS) is 15.4. The number of pyridine rings is 1. The summed E-state index contributed by atoms with van der Waals surface area (Å²) in [4.78, 5) is 23.2. The summed E-state index contributed by atoms with van der Waals surface area (Å²) in [5.74, 6) is -0.215. The van der Waals surface area contributed by atoms with E-state index in [4.69, 9.17) is 10.5 Å². The topological polar surface area (TPSA) is 86.4 Å². The van der Waals surface area contributed by atoms with E-state index in [9.17, 15) is 9.59 Å². The van der Waals surface area contributed by atoms with E-state index in [0.717, 1.165) is 12.8 Å². The molecule has 6 nitrogen and oxygen atoms in total. The standard InChI is InChI=1S/C14H21N3O3/c15-11-5-6-14(19)17(9-11)10-13(18)16-7-8-20-12-3-1-2-4-12/h5-6,9,12H,1-4,7-8,10,15H2,(H,16,18). The number of nitrogens with two attached hydrogens (primary N) is 1. The maximum absolute atomic E-state index is 11.7. The quantitative estimate of drug-likeness (QED) is 0.743. The first kappa shape index (κ1) is 14.6. The van der Waals surface area contributed by atoms with Crippen LogP contribution in [-0.2, 0) is 16.1 Å². The number of nitrogens with zero attached hydrogens (tertiary/aromatic N) is 1. The number of carbonyl (C=O) groups is 1. The molecular formula is C14H21N3O3. The summed E-state index contributed by atoms with van der Waals surface area (Å²) in [6.07, 6.45) is 6.52. The van der Waals surface area contributed by atoms with Gasteiger partial charge < -0.3 is 20.4 Å². The fourth-order valence-corrected chi connectivity index (χ4v) is 2.36. The van der Waals surface area contributed by atoms with Crippen molar-refractivity contribution in [3.05, 3.63) is 28.7 Å². The lowest BCUT2D eigenvalue weighted by molar-refractivity contribution is -0.122. The monoisotopic (exact) mass is 279 g/mol. The van der Waals surface area contributed by atoms with Crippen LogP contribution in [-0.4, -0.2) is 29.7 Å². The van der Waals surface area contributed by atoms with Crippen molar-refractivity contribution in [3.63, 3.8) is 0 Å². The summed E-state index contributed by atoms with van der Waals surface area (Å²) in [5, 5.41) is 2.74. The van der Waals surface area contributed by atoms with E-state index in [1.807, 2.05) is 0 Å². The molecule has 0 atom stereocenters. The molecular weight excluding hydrogens is 258 g/mol. The lowest BCUT2D eigenvalue weighted by atomic mass is 10.3. The summed E-state index contributed by atoms with van der Waals surface area (Å²) in [6, 6.07) is 2.87. The molecule has 0 aromatic carbocycles. The second kappa shape index (κ2) is 7.09. The Morgan fingerprint density at radius 3 is 2.90 bits per heavy atom. The van der Waals surface area contributed by atoms with Crippen molar-refractivity contribution in [2.24, 2.45) is 0 Å². The molecule has 0 unspecified atom stereocenters. The highest BCUT2D eigenvalue weighted by molar-refractivity contribution is 5.75. The number of nitrogen functional groups attached to an aromatic ring is 1.